The second kappa shape index (κ2) is 7.88. The third kappa shape index (κ3) is 4.10. The summed E-state index contributed by atoms with van der Waals surface area (Å²) in [5, 5.41) is 3.07. The van der Waals surface area contributed by atoms with Crippen LogP contribution < -0.4 is 10.1 Å². The summed E-state index contributed by atoms with van der Waals surface area (Å²) in [6.07, 6.45) is -0.0112. The minimum Gasteiger partial charge on any atom is -0.491 e. The highest BCUT2D eigenvalue weighted by atomic mass is 35.5. The standard InChI is InChI=1S/C19H21ClN2O4S/c1-13(2)26-14-7-9-15(10-8-14)27(24,25)22-12-11-21-19(23)18(22)16-5-3-4-6-17(16)20/h3-10,13,18H,11-12H2,1-2H3,(H,21,23). The van der Waals surface area contributed by atoms with Crippen molar-refractivity contribution in [2.75, 3.05) is 13.1 Å². The molecule has 0 spiro atoms. The number of benzene rings is 2. The van der Waals surface area contributed by atoms with Crippen LogP contribution in [0, 0.1) is 0 Å². The lowest BCUT2D eigenvalue weighted by atomic mass is 10.0. The van der Waals surface area contributed by atoms with Gasteiger partial charge in [0.1, 0.15) is 11.8 Å². The van der Waals surface area contributed by atoms with Crippen LogP contribution in [0.25, 0.3) is 0 Å². The Bertz CT molecular complexity index is 929. The van der Waals surface area contributed by atoms with Gasteiger partial charge in [-0.05, 0) is 49.7 Å². The molecule has 0 aliphatic carbocycles. The van der Waals surface area contributed by atoms with Gasteiger partial charge in [-0.1, -0.05) is 29.8 Å². The number of carbonyl (C=O) groups is 1. The van der Waals surface area contributed by atoms with Crippen molar-refractivity contribution in [3.8, 4) is 5.75 Å². The molecule has 27 heavy (non-hydrogen) atoms. The number of ether oxygens (including phenoxy) is 1. The van der Waals surface area contributed by atoms with Crippen LogP contribution in [0.3, 0.4) is 0 Å². The fourth-order valence-electron chi connectivity index (χ4n) is 3.00. The van der Waals surface area contributed by atoms with E-state index in [9.17, 15) is 13.2 Å². The van der Waals surface area contributed by atoms with Crippen molar-refractivity contribution in [3.05, 3.63) is 59.1 Å². The van der Waals surface area contributed by atoms with Crippen LogP contribution in [-0.4, -0.2) is 37.8 Å². The first-order chi connectivity index (χ1) is 12.8. The van der Waals surface area contributed by atoms with Gasteiger partial charge in [-0.25, -0.2) is 8.42 Å². The molecule has 6 nitrogen and oxygen atoms in total. The zero-order chi connectivity index (χ0) is 19.6. The lowest BCUT2D eigenvalue weighted by molar-refractivity contribution is -0.126. The average molecular weight is 409 g/mol. The number of hydrogen-bond donors (Lipinski definition) is 1. The van der Waals surface area contributed by atoms with Gasteiger partial charge in [-0.3, -0.25) is 4.79 Å². The third-order valence-corrected chi connectivity index (χ3v) is 6.39. The molecular weight excluding hydrogens is 388 g/mol. The lowest BCUT2D eigenvalue weighted by Gasteiger charge is -2.34. The molecule has 0 aromatic heterocycles. The Morgan fingerprint density at radius 1 is 1.15 bits per heavy atom. The topological polar surface area (TPSA) is 75.7 Å². The molecule has 1 amide bonds. The van der Waals surface area contributed by atoms with Gasteiger partial charge < -0.3 is 10.1 Å². The van der Waals surface area contributed by atoms with E-state index in [0.29, 0.717) is 16.3 Å². The molecule has 144 valence electrons. The quantitative estimate of drug-likeness (QED) is 0.825. The number of nitrogens with one attached hydrogen (secondary N) is 1. The second-order valence-corrected chi connectivity index (χ2v) is 8.77. The highest BCUT2D eigenvalue weighted by Crippen LogP contribution is 2.33. The normalized spacial score (nSPS) is 18.4. The van der Waals surface area contributed by atoms with Crippen molar-refractivity contribution in [1.82, 2.24) is 9.62 Å². The molecule has 1 unspecified atom stereocenters. The van der Waals surface area contributed by atoms with Gasteiger partial charge >= 0.3 is 0 Å². The van der Waals surface area contributed by atoms with Crippen molar-refractivity contribution >= 4 is 27.5 Å². The summed E-state index contributed by atoms with van der Waals surface area (Å²) in [7, 11) is -3.90. The largest absolute Gasteiger partial charge is 0.491 e. The van der Waals surface area contributed by atoms with Crippen LogP contribution in [0.1, 0.15) is 25.5 Å². The van der Waals surface area contributed by atoms with Crippen LogP contribution >= 0.6 is 11.6 Å². The number of carbonyl (C=O) groups excluding carboxylic acids is 1. The van der Waals surface area contributed by atoms with Gasteiger partial charge in [-0.2, -0.15) is 4.31 Å². The van der Waals surface area contributed by atoms with Gasteiger partial charge in [0.05, 0.1) is 11.0 Å². The van der Waals surface area contributed by atoms with E-state index in [-0.39, 0.29) is 24.1 Å². The first-order valence-corrected chi connectivity index (χ1v) is 10.4. The van der Waals surface area contributed by atoms with Gasteiger partial charge in [-0.15, -0.1) is 0 Å². The summed E-state index contributed by atoms with van der Waals surface area (Å²) < 4.78 is 33.2. The van der Waals surface area contributed by atoms with E-state index in [1.54, 1.807) is 36.4 Å². The molecule has 1 aliphatic rings. The molecule has 1 fully saturated rings. The third-order valence-electron chi connectivity index (χ3n) is 4.17. The number of sulfonamides is 1. The molecule has 1 aliphatic heterocycles. The molecule has 2 aromatic rings. The van der Waals surface area contributed by atoms with E-state index in [2.05, 4.69) is 5.32 Å². The van der Waals surface area contributed by atoms with Crippen LogP contribution in [0.5, 0.6) is 5.75 Å². The molecule has 8 heteroatoms. The molecule has 1 N–H and O–H groups in total. The minimum atomic E-state index is -3.90. The zero-order valence-corrected chi connectivity index (χ0v) is 16.6. The summed E-state index contributed by atoms with van der Waals surface area (Å²) >= 11 is 6.24. The highest BCUT2D eigenvalue weighted by molar-refractivity contribution is 7.89. The van der Waals surface area contributed by atoms with Crippen molar-refractivity contribution in [2.45, 2.75) is 30.9 Å². The number of piperazine rings is 1. The fourth-order valence-corrected chi connectivity index (χ4v) is 4.80. The number of rotatable bonds is 5. The van der Waals surface area contributed by atoms with E-state index >= 15 is 0 Å². The monoisotopic (exact) mass is 408 g/mol. The predicted molar refractivity (Wildman–Crippen MR) is 103 cm³/mol. The Balaban J connectivity index is 1.98. The number of hydrogen-bond acceptors (Lipinski definition) is 4. The van der Waals surface area contributed by atoms with Crippen LogP contribution in [0.15, 0.2) is 53.4 Å². The maximum absolute atomic E-state index is 13.2. The molecular formula is C19H21ClN2O4S. The van der Waals surface area contributed by atoms with Crippen molar-refractivity contribution < 1.29 is 17.9 Å². The van der Waals surface area contributed by atoms with Crippen molar-refractivity contribution in [1.29, 1.82) is 0 Å². The van der Waals surface area contributed by atoms with E-state index in [1.165, 1.54) is 16.4 Å². The van der Waals surface area contributed by atoms with Gasteiger partial charge in [0.25, 0.3) is 0 Å². The first-order valence-electron chi connectivity index (χ1n) is 8.61. The Hall–Kier alpha value is -2.09. The smallest absolute Gasteiger partial charge is 0.244 e. The molecule has 0 radical (unpaired) electrons. The second-order valence-electron chi connectivity index (χ2n) is 6.47. The molecule has 1 atom stereocenters. The summed E-state index contributed by atoms with van der Waals surface area (Å²) in [6, 6.07) is 12.0. The number of halogens is 1. The fraction of sp³-hybridized carbons (Fsp3) is 0.316. The van der Waals surface area contributed by atoms with Gasteiger partial charge in [0.15, 0.2) is 0 Å². The van der Waals surface area contributed by atoms with E-state index in [0.717, 1.165) is 0 Å². The van der Waals surface area contributed by atoms with Gasteiger partial charge in [0, 0.05) is 18.1 Å². The molecule has 3 rings (SSSR count). The Morgan fingerprint density at radius 2 is 1.81 bits per heavy atom. The Morgan fingerprint density at radius 3 is 2.44 bits per heavy atom. The zero-order valence-electron chi connectivity index (χ0n) is 15.1. The van der Waals surface area contributed by atoms with Crippen LogP contribution in [-0.2, 0) is 14.8 Å². The number of nitrogens with zero attached hydrogens (tertiary/aromatic N) is 1. The van der Waals surface area contributed by atoms with E-state index in [4.69, 9.17) is 16.3 Å². The lowest BCUT2D eigenvalue weighted by Crippen LogP contribution is -2.52. The van der Waals surface area contributed by atoms with E-state index in [1.807, 2.05) is 13.8 Å². The van der Waals surface area contributed by atoms with E-state index < -0.39 is 22.0 Å². The highest BCUT2D eigenvalue weighted by Gasteiger charge is 2.40. The summed E-state index contributed by atoms with van der Waals surface area (Å²) in [4.78, 5) is 12.6. The molecule has 0 bridgehead atoms. The summed E-state index contributed by atoms with van der Waals surface area (Å²) in [6.45, 7) is 4.19. The Kier molecular flexibility index (Phi) is 5.74. The number of amides is 1. The maximum atomic E-state index is 13.2. The Labute approximate surface area is 164 Å². The molecule has 1 saturated heterocycles. The summed E-state index contributed by atoms with van der Waals surface area (Å²) in [5.74, 6) is 0.195. The molecule has 0 saturated carbocycles. The maximum Gasteiger partial charge on any atom is 0.244 e. The first kappa shape index (κ1) is 19.7. The predicted octanol–water partition coefficient (Wildman–Crippen LogP) is 2.99. The minimum absolute atomic E-state index is 0.0112. The van der Waals surface area contributed by atoms with Crippen molar-refractivity contribution in [3.63, 3.8) is 0 Å². The van der Waals surface area contributed by atoms with Gasteiger partial charge in [0.2, 0.25) is 15.9 Å². The molecule has 1 heterocycles. The average Bonchev–Trinajstić information content (AvgIpc) is 2.62. The SMILES string of the molecule is CC(C)Oc1ccc(S(=O)(=O)N2CCNC(=O)C2c2ccccc2Cl)cc1. The summed E-state index contributed by atoms with van der Waals surface area (Å²) in [5.41, 5.74) is 0.458. The van der Waals surface area contributed by atoms with Crippen LogP contribution in [0.2, 0.25) is 5.02 Å². The molecule has 2 aromatic carbocycles. The van der Waals surface area contributed by atoms with Crippen molar-refractivity contribution in [2.24, 2.45) is 0 Å². The van der Waals surface area contributed by atoms with Crippen LogP contribution in [0.4, 0.5) is 0 Å².